The number of nitrogens with zero attached hydrogens (tertiary/aromatic N) is 1. The van der Waals surface area contributed by atoms with Gasteiger partial charge in [0.05, 0.1) is 5.41 Å². The second-order valence-corrected chi connectivity index (χ2v) is 4.75. The first-order valence-corrected chi connectivity index (χ1v) is 5.74. The van der Waals surface area contributed by atoms with Crippen molar-refractivity contribution >= 4 is 5.91 Å². The van der Waals surface area contributed by atoms with Crippen LogP contribution in [0.5, 0.6) is 0 Å². The third kappa shape index (κ3) is 2.24. The summed E-state index contributed by atoms with van der Waals surface area (Å²) in [5.41, 5.74) is -0.290. The Kier molecular flexibility index (Phi) is 4.57. The van der Waals surface area contributed by atoms with Crippen molar-refractivity contribution in [2.45, 2.75) is 41.5 Å². The summed E-state index contributed by atoms with van der Waals surface area (Å²) in [7, 11) is 1.87. The molecule has 0 spiro atoms. The lowest BCUT2D eigenvalue weighted by Crippen LogP contribution is -2.35. The second kappa shape index (κ2) is 4.82. The van der Waals surface area contributed by atoms with Gasteiger partial charge in [0, 0.05) is 13.6 Å². The third-order valence-corrected chi connectivity index (χ3v) is 3.33. The molecule has 1 atom stereocenters. The van der Waals surface area contributed by atoms with Crippen LogP contribution in [-0.4, -0.2) is 24.4 Å². The summed E-state index contributed by atoms with van der Waals surface area (Å²) in [5, 5.41) is 0. The van der Waals surface area contributed by atoms with Crippen LogP contribution in [0.4, 0.5) is 0 Å². The molecule has 1 saturated heterocycles. The van der Waals surface area contributed by atoms with Crippen molar-refractivity contribution < 1.29 is 4.79 Å². The van der Waals surface area contributed by atoms with Gasteiger partial charge in [-0.1, -0.05) is 39.8 Å². The molecule has 1 aliphatic rings. The zero-order valence-electron chi connectivity index (χ0n) is 11.2. The standard InChI is InChI=1S/C11H19NO.C2H6/c1-6-7-11(4)9(13)12(5)8-10(11,2)3;1-2/h6-7H,8H2,1-5H3;1-2H3/b7-6-;. The predicted octanol–water partition coefficient (Wildman–Crippen LogP) is 3.09. The molecule has 0 aliphatic carbocycles. The number of carbonyl (C=O) groups is 1. The number of amides is 1. The van der Waals surface area contributed by atoms with Crippen molar-refractivity contribution in [2.75, 3.05) is 13.6 Å². The highest BCUT2D eigenvalue weighted by molar-refractivity contribution is 5.87. The Morgan fingerprint density at radius 3 is 2.00 bits per heavy atom. The van der Waals surface area contributed by atoms with E-state index in [2.05, 4.69) is 13.8 Å². The van der Waals surface area contributed by atoms with E-state index in [-0.39, 0.29) is 16.7 Å². The summed E-state index contributed by atoms with van der Waals surface area (Å²) in [6.07, 6.45) is 4.00. The molecule has 1 heterocycles. The molecule has 1 fully saturated rings. The van der Waals surface area contributed by atoms with Crippen molar-refractivity contribution in [3.63, 3.8) is 0 Å². The fraction of sp³-hybridized carbons (Fsp3) is 0.769. The molecule has 2 nitrogen and oxygen atoms in total. The molecule has 15 heavy (non-hydrogen) atoms. The van der Waals surface area contributed by atoms with Crippen molar-refractivity contribution in [3.8, 4) is 0 Å². The first-order valence-electron chi connectivity index (χ1n) is 5.74. The average Bonchev–Trinajstić information content (AvgIpc) is 2.31. The molecular formula is C13H25NO. The van der Waals surface area contributed by atoms with E-state index in [1.54, 1.807) is 0 Å². The molecule has 1 rings (SSSR count). The number of allylic oxidation sites excluding steroid dienone is 1. The molecular weight excluding hydrogens is 186 g/mol. The van der Waals surface area contributed by atoms with Crippen LogP contribution < -0.4 is 0 Å². The maximum absolute atomic E-state index is 11.9. The van der Waals surface area contributed by atoms with E-state index in [1.807, 2.05) is 51.8 Å². The summed E-state index contributed by atoms with van der Waals surface area (Å²) in [4.78, 5) is 13.7. The Bertz CT molecular complexity index is 255. The maximum Gasteiger partial charge on any atom is 0.232 e. The molecule has 0 radical (unpaired) electrons. The van der Waals surface area contributed by atoms with Crippen molar-refractivity contribution in [1.82, 2.24) is 4.90 Å². The summed E-state index contributed by atoms with van der Waals surface area (Å²) >= 11 is 0. The van der Waals surface area contributed by atoms with Crippen molar-refractivity contribution in [3.05, 3.63) is 12.2 Å². The maximum atomic E-state index is 11.9. The molecule has 88 valence electrons. The fourth-order valence-electron chi connectivity index (χ4n) is 2.15. The van der Waals surface area contributed by atoms with Crippen LogP contribution in [-0.2, 0) is 4.79 Å². The SMILES string of the molecule is C/C=C\C1(C)C(=O)N(C)CC1(C)C.CC. The smallest absolute Gasteiger partial charge is 0.232 e. The molecule has 0 bridgehead atoms. The summed E-state index contributed by atoms with van der Waals surface area (Å²) in [6, 6.07) is 0. The highest BCUT2D eigenvalue weighted by atomic mass is 16.2. The topological polar surface area (TPSA) is 20.3 Å². The Hall–Kier alpha value is -0.790. The Labute approximate surface area is 94.4 Å². The van der Waals surface area contributed by atoms with Crippen LogP contribution in [0.15, 0.2) is 12.2 Å². The van der Waals surface area contributed by atoms with Crippen LogP contribution in [0, 0.1) is 10.8 Å². The summed E-state index contributed by atoms with van der Waals surface area (Å²) in [6.45, 7) is 13.1. The zero-order chi connectivity index (χ0) is 12.3. The van der Waals surface area contributed by atoms with Gasteiger partial charge in [0.15, 0.2) is 0 Å². The molecule has 0 aromatic heterocycles. The second-order valence-electron chi connectivity index (χ2n) is 4.75. The third-order valence-electron chi connectivity index (χ3n) is 3.33. The van der Waals surface area contributed by atoms with E-state index in [9.17, 15) is 4.79 Å². The van der Waals surface area contributed by atoms with Gasteiger partial charge in [0.2, 0.25) is 5.91 Å². The van der Waals surface area contributed by atoms with Crippen LogP contribution in [0.1, 0.15) is 41.5 Å². The number of rotatable bonds is 1. The lowest BCUT2D eigenvalue weighted by atomic mass is 9.69. The molecule has 0 aromatic rings. The van der Waals surface area contributed by atoms with Gasteiger partial charge in [0.1, 0.15) is 0 Å². The fourth-order valence-corrected chi connectivity index (χ4v) is 2.15. The van der Waals surface area contributed by atoms with Crippen molar-refractivity contribution in [1.29, 1.82) is 0 Å². The zero-order valence-corrected chi connectivity index (χ0v) is 11.2. The molecule has 1 aliphatic heterocycles. The van der Waals surface area contributed by atoms with E-state index in [1.165, 1.54) is 0 Å². The van der Waals surface area contributed by atoms with Crippen LogP contribution in [0.3, 0.4) is 0 Å². The van der Waals surface area contributed by atoms with Gasteiger partial charge in [-0.3, -0.25) is 4.79 Å². The van der Waals surface area contributed by atoms with E-state index in [4.69, 9.17) is 0 Å². The lowest BCUT2D eigenvalue weighted by Gasteiger charge is -2.31. The van der Waals surface area contributed by atoms with Gasteiger partial charge in [-0.15, -0.1) is 0 Å². The van der Waals surface area contributed by atoms with Gasteiger partial charge in [-0.2, -0.15) is 0 Å². The van der Waals surface area contributed by atoms with Crippen LogP contribution in [0.25, 0.3) is 0 Å². The summed E-state index contributed by atoms with van der Waals surface area (Å²) in [5.74, 6) is 0.232. The van der Waals surface area contributed by atoms with Gasteiger partial charge < -0.3 is 4.90 Å². The molecule has 0 N–H and O–H groups in total. The predicted molar refractivity (Wildman–Crippen MR) is 65.7 cm³/mol. The quantitative estimate of drug-likeness (QED) is 0.610. The Morgan fingerprint density at radius 1 is 1.27 bits per heavy atom. The number of hydrogen-bond donors (Lipinski definition) is 0. The minimum atomic E-state index is -0.323. The van der Waals surface area contributed by atoms with E-state index in [0.717, 1.165) is 6.54 Å². The first kappa shape index (κ1) is 14.2. The highest BCUT2D eigenvalue weighted by Gasteiger charge is 2.52. The van der Waals surface area contributed by atoms with Crippen LogP contribution >= 0.6 is 0 Å². The van der Waals surface area contributed by atoms with Crippen molar-refractivity contribution in [2.24, 2.45) is 10.8 Å². The molecule has 1 unspecified atom stereocenters. The molecule has 0 saturated carbocycles. The highest BCUT2D eigenvalue weighted by Crippen LogP contribution is 2.47. The Morgan fingerprint density at radius 2 is 1.73 bits per heavy atom. The average molecular weight is 211 g/mol. The molecule has 0 aromatic carbocycles. The largest absolute Gasteiger partial charge is 0.344 e. The number of likely N-dealkylation sites (tertiary alicyclic amines) is 1. The first-order chi connectivity index (χ1) is 6.85. The van der Waals surface area contributed by atoms with E-state index < -0.39 is 0 Å². The van der Waals surface area contributed by atoms with Gasteiger partial charge in [-0.25, -0.2) is 0 Å². The minimum absolute atomic E-state index is 0.0331. The lowest BCUT2D eigenvalue weighted by molar-refractivity contribution is -0.133. The molecule has 2 heteroatoms. The van der Waals surface area contributed by atoms with Gasteiger partial charge in [-0.05, 0) is 19.3 Å². The number of hydrogen-bond acceptors (Lipinski definition) is 1. The summed E-state index contributed by atoms with van der Waals surface area (Å²) < 4.78 is 0. The van der Waals surface area contributed by atoms with E-state index in [0.29, 0.717) is 0 Å². The Balaban J connectivity index is 0.000000921. The molecule has 1 amide bonds. The van der Waals surface area contributed by atoms with Crippen LogP contribution in [0.2, 0.25) is 0 Å². The monoisotopic (exact) mass is 211 g/mol. The normalized spacial score (nSPS) is 29.3. The minimum Gasteiger partial charge on any atom is -0.344 e. The number of carbonyl (C=O) groups excluding carboxylic acids is 1. The van der Waals surface area contributed by atoms with Gasteiger partial charge in [0.25, 0.3) is 0 Å². The van der Waals surface area contributed by atoms with E-state index >= 15 is 0 Å². The van der Waals surface area contributed by atoms with Gasteiger partial charge >= 0.3 is 0 Å².